The van der Waals surface area contributed by atoms with Crippen LogP contribution in [0.15, 0.2) is 64.1 Å². The zero-order valence-electron chi connectivity index (χ0n) is 14.3. The molecule has 0 aliphatic heterocycles. The first kappa shape index (κ1) is 16.2. The molecule has 2 aromatic carbocycles. The van der Waals surface area contributed by atoms with Crippen LogP contribution in [0.1, 0.15) is 6.42 Å². The molecule has 0 radical (unpaired) electrons. The highest BCUT2D eigenvalue weighted by Gasteiger charge is 2.12. The third kappa shape index (κ3) is 3.01. The fourth-order valence-electron chi connectivity index (χ4n) is 2.87. The Hall–Kier alpha value is -3.28. The molecule has 0 N–H and O–H groups in total. The molecule has 2 heterocycles. The average Bonchev–Trinajstić information content (AvgIpc) is 3.07. The standard InChI is InChI=1S/C20H18N2O4/c1-24-14-7-9-15(10-8-14)25-12-4-11-22-13-21-18-16-5-2-3-6-17(16)26-19(18)20(22)23/h2-3,5-10,13H,4,11-12H2,1H3. The van der Waals surface area contributed by atoms with Gasteiger partial charge >= 0.3 is 0 Å². The minimum Gasteiger partial charge on any atom is -0.497 e. The van der Waals surface area contributed by atoms with Crippen molar-refractivity contribution in [1.29, 1.82) is 0 Å². The van der Waals surface area contributed by atoms with Gasteiger partial charge in [0, 0.05) is 11.9 Å². The highest BCUT2D eigenvalue weighted by Crippen LogP contribution is 2.24. The molecule has 2 aromatic heterocycles. The molecule has 0 saturated heterocycles. The maximum Gasteiger partial charge on any atom is 0.297 e. The maximum absolute atomic E-state index is 12.6. The van der Waals surface area contributed by atoms with E-state index in [1.807, 2.05) is 48.5 Å². The summed E-state index contributed by atoms with van der Waals surface area (Å²) in [5, 5.41) is 0.856. The lowest BCUT2D eigenvalue weighted by Gasteiger charge is -2.08. The number of aryl methyl sites for hydroxylation is 1. The number of fused-ring (bicyclic) bond motifs is 3. The number of nitrogens with zero attached hydrogens (tertiary/aromatic N) is 2. The van der Waals surface area contributed by atoms with Gasteiger partial charge in [-0.05, 0) is 42.8 Å². The van der Waals surface area contributed by atoms with Gasteiger partial charge in [0.15, 0.2) is 0 Å². The van der Waals surface area contributed by atoms with Crippen LogP contribution in [-0.4, -0.2) is 23.3 Å². The molecule has 0 aliphatic rings. The Labute approximate surface area is 149 Å². The monoisotopic (exact) mass is 350 g/mol. The SMILES string of the molecule is COc1ccc(OCCCn2cnc3c(oc4ccccc43)c2=O)cc1. The number of ether oxygens (including phenoxy) is 2. The number of furan rings is 1. The molecule has 0 unspecified atom stereocenters. The summed E-state index contributed by atoms with van der Waals surface area (Å²) in [6.45, 7) is 1.01. The Kier molecular flexibility index (Phi) is 4.31. The van der Waals surface area contributed by atoms with Crippen molar-refractivity contribution in [3.63, 3.8) is 0 Å². The van der Waals surface area contributed by atoms with Crippen LogP contribution < -0.4 is 15.0 Å². The van der Waals surface area contributed by atoms with Crippen molar-refractivity contribution in [1.82, 2.24) is 9.55 Å². The summed E-state index contributed by atoms with van der Waals surface area (Å²) in [6.07, 6.45) is 2.25. The second kappa shape index (κ2) is 6.92. The maximum atomic E-state index is 12.6. The average molecular weight is 350 g/mol. The van der Waals surface area contributed by atoms with Crippen LogP contribution in [0.3, 0.4) is 0 Å². The van der Waals surface area contributed by atoms with E-state index in [0.717, 1.165) is 16.9 Å². The lowest BCUT2D eigenvalue weighted by Crippen LogP contribution is -2.21. The first-order valence-electron chi connectivity index (χ1n) is 8.40. The molecule has 0 atom stereocenters. The number of hydrogen-bond acceptors (Lipinski definition) is 5. The van der Waals surface area contributed by atoms with Crippen LogP contribution in [0.4, 0.5) is 0 Å². The Morgan fingerprint density at radius 2 is 1.85 bits per heavy atom. The number of methoxy groups -OCH3 is 1. The molecule has 0 saturated carbocycles. The van der Waals surface area contributed by atoms with Crippen LogP contribution in [0, 0.1) is 0 Å². The van der Waals surface area contributed by atoms with Gasteiger partial charge in [0.25, 0.3) is 5.56 Å². The molecule has 0 bridgehead atoms. The topological polar surface area (TPSA) is 66.5 Å². The fraction of sp³-hybridized carbons (Fsp3) is 0.200. The summed E-state index contributed by atoms with van der Waals surface area (Å²) in [4.78, 5) is 17.0. The number of hydrogen-bond donors (Lipinski definition) is 0. The lowest BCUT2D eigenvalue weighted by atomic mass is 10.2. The van der Waals surface area contributed by atoms with E-state index in [1.54, 1.807) is 18.0 Å². The van der Waals surface area contributed by atoms with Crippen molar-refractivity contribution in [2.75, 3.05) is 13.7 Å². The molecule has 4 rings (SSSR count). The molecule has 4 aromatic rings. The lowest BCUT2D eigenvalue weighted by molar-refractivity contribution is 0.300. The predicted octanol–water partition coefficient (Wildman–Crippen LogP) is 3.62. The van der Waals surface area contributed by atoms with E-state index in [-0.39, 0.29) is 5.56 Å². The quantitative estimate of drug-likeness (QED) is 0.497. The van der Waals surface area contributed by atoms with Gasteiger partial charge < -0.3 is 13.9 Å². The number of para-hydroxylation sites is 1. The first-order chi connectivity index (χ1) is 12.8. The smallest absolute Gasteiger partial charge is 0.297 e. The molecule has 132 valence electrons. The summed E-state index contributed by atoms with van der Waals surface area (Å²) in [5.41, 5.74) is 1.41. The summed E-state index contributed by atoms with van der Waals surface area (Å²) >= 11 is 0. The number of benzene rings is 2. The molecular weight excluding hydrogens is 332 g/mol. The van der Waals surface area contributed by atoms with Gasteiger partial charge in [0.05, 0.1) is 20.0 Å². The summed E-state index contributed by atoms with van der Waals surface area (Å²) in [7, 11) is 1.63. The van der Waals surface area contributed by atoms with Gasteiger partial charge in [-0.15, -0.1) is 0 Å². The third-order valence-electron chi connectivity index (χ3n) is 4.22. The second-order valence-corrected chi connectivity index (χ2v) is 5.90. The summed E-state index contributed by atoms with van der Waals surface area (Å²) in [5.74, 6) is 1.55. The zero-order chi connectivity index (χ0) is 17.9. The Bertz CT molecular complexity index is 1100. The van der Waals surface area contributed by atoms with Gasteiger partial charge in [0.1, 0.15) is 22.6 Å². The van der Waals surface area contributed by atoms with E-state index in [1.165, 1.54) is 0 Å². The highest BCUT2D eigenvalue weighted by molar-refractivity contribution is 6.01. The highest BCUT2D eigenvalue weighted by atomic mass is 16.5. The van der Waals surface area contributed by atoms with E-state index in [4.69, 9.17) is 13.9 Å². The molecule has 0 aliphatic carbocycles. The molecule has 26 heavy (non-hydrogen) atoms. The molecule has 6 heteroatoms. The van der Waals surface area contributed by atoms with Gasteiger partial charge in [-0.25, -0.2) is 4.98 Å². The van der Waals surface area contributed by atoms with Crippen molar-refractivity contribution in [2.24, 2.45) is 0 Å². The van der Waals surface area contributed by atoms with E-state index < -0.39 is 0 Å². The first-order valence-corrected chi connectivity index (χ1v) is 8.40. The summed E-state index contributed by atoms with van der Waals surface area (Å²) < 4.78 is 18.0. The molecule has 0 fully saturated rings. The molecule has 0 spiro atoms. The number of aromatic nitrogens is 2. The fourth-order valence-corrected chi connectivity index (χ4v) is 2.87. The second-order valence-electron chi connectivity index (χ2n) is 5.90. The van der Waals surface area contributed by atoms with E-state index in [9.17, 15) is 4.79 Å². The summed E-state index contributed by atoms with van der Waals surface area (Å²) in [6, 6.07) is 14.9. The Morgan fingerprint density at radius 1 is 1.08 bits per heavy atom. The van der Waals surface area contributed by atoms with Gasteiger partial charge in [-0.2, -0.15) is 0 Å². The van der Waals surface area contributed by atoms with Crippen molar-refractivity contribution < 1.29 is 13.9 Å². The molecule has 0 amide bonds. The number of rotatable bonds is 6. The third-order valence-corrected chi connectivity index (χ3v) is 4.22. The van der Waals surface area contributed by atoms with E-state index in [0.29, 0.717) is 36.3 Å². The van der Waals surface area contributed by atoms with Crippen LogP contribution in [0.2, 0.25) is 0 Å². The Balaban J connectivity index is 1.44. The van der Waals surface area contributed by atoms with Crippen LogP contribution in [0.25, 0.3) is 22.1 Å². The van der Waals surface area contributed by atoms with Gasteiger partial charge in [0.2, 0.25) is 5.58 Å². The zero-order valence-corrected chi connectivity index (χ0v) is 14.3. The van der Waals surface area contributed by atoms with E-state index in [2.05, 4.69) is 4.98 Å². The van der Waals surface area contributed by atoms with E-state index >= 15 is 0 Å². The molecule has 6 nitrogen and oxygen atoms in total. The van der Waals surface area contributed by atoms with Crippen LogP contribution in [0.5, 0.6) is 11.5 Å². The van der Waals surface area contributed by atoms with Gasteiger partial charge in [-0.1, -0.05) is 12.1 Å². The minimum absolute atomic E-state index is 0.171. The van der Waals surface area contributed by atoms with Crippen LogP contribution in [-0.2, 0) is 6.54 Å². The molecular formula is C20H18N2O4. The predicted molar refractivity (Wildman–Crippen MR) is 98.9 cm³/mol. The van der Waals surface area contributed by atoms with Gasteiger partial charge in [-0.3, -0.25) is 9.36 Å². The normalized spacial score (nSPS) is 11.1. The van der Waals surface area contributed by atoms with Crippen molar-refractivity contribution in [2.45, 2.75) is 13.0 Å². The van der Waals surface area contributed by atoms with Crippen molar-refractivity contribution >= 4 is 22.1 Å². The minimum atomic E-state index is -0.171. The largest absolute Gasteiger partial charge is 0.497 e. The van der Waals surface area contributed by atoms with Crippen molar-refractivity contribution in [3.8, 4) is 11.5 Å². The van der Waals surface area contributed by atoms with Crippen molar-refractivity contribution in [3.05, 3.63) is 65.2 Å². The Morgan fingerprint density at radius 3 is 2.65 bits per heavy atom. The van der Waals surface area contributed by atoms with Crippen LogP contribution >= 0.6 is 0 Å².